The SMILES string of the molecule is CC1C(CN2CCN(Cc3ccccc3)CC2)OC(c2ccc(-c3cccc(CNS(=O)(=O)c4ccccc4)c3)cc2)OC1c1ccc(CO)cc1. The largest absolute Gasteiger partial charge is 0.392 e. The van der Waals surface area contributed by atoms with Gasteiger partial charge < -0.3 is 14.6 Å². The van der Waals surface area contributed by atoms with Crippen molar-refractivity contribution in [3.05, 3.63) is 161 Å². The maximum absolute atomic E-state index is 12.8. The zero-order chi connectivity index (χ0) is 35.9. The molecule has 0 radical (unpaired) electrons. The second-order valence-corrected chi connectivity index (χ2v) is 15.6. The molecule has 4 atom stereocenters. The van der Waals surface area contributed by atoms with E-state index in [2.05, 4.69) is 88.2 Å². The molecule has 5 aromatic carbocycles. The van der Waals surface area contributed by atoms with E-state index >= 15 is 0 Å². The van der Waals surface area contributed by atoms with Gasteiger partial charge in [-0.3, -0.25) is 9.80 Å². The Balaban J connectivity index is 1.04. The summed E-state index contributed by atoms with van der Waals surface area (Å²) in [6, 6.07) is 43.3. The second-order valence-electron chi connectivity index (χ2n) is 13.8. The van der Waals surface area contributed by atoms with Crippen LogP contribution in [0.3, 0.4) is 0 Å². The van der Waals surface area contributed by atoms with Crippen LogP contribution in [-0.2, 0) is 39.2 Å². The lowest BCUT2D eigenvalue weighted by Crippen LogP contribution is -2.51. The minimum Gasteiger partial charge on any atom is -0.392 e. The fourth-order valence-electron chi connectivity index (χ4n) is 7.11. The van der Waals surface area contributed by atoms with Gasteiger partial charge in [0, 0.05) is 57.3 Å². The summed E-state index contributed by atoms with van der Waals surface area (Å²) < 4.78 is 41.8. The maximum Gasteiger partial charge on any atom is 0.240 e. The molecule has 52 heavy (non-hydrogen) atoms. The van der Waals surface area contributed by atoms with Crippen molar-refractivity contribution in [1.29, 1.82) is 0 Å². The van der Waals surface area contributed by atoms with Crippen LogP contribution in [0.5, 0.6) is 0 Å². The van der Waals surface area contributed by atoms with Crippen LogP contribution >= 0.6 is 0 Å². The Bertz CT molecular complexity index is 1990. The monoisotopic (exact) mass is 717 g/mol. The predicted octanol–water partition coefficient (Wildman–Crippen LogP) is 6.93. The van der Waals surface area contributed by atoms with Crippen LogP contribution in [0.2, 0.25) is 0 Å². The minimum absolute atomic E-state index is 0.00449. The number of hydrogen-bond acceptors (Lipinski definition) is 7. The summed E-state index contributed by atoms with van der Waals surface area (Å²) >= 11 is 0. The van der Waals surface area contributed by atoms with Crippen molar-refractivity contribution in [3.8, 4) is 11.1 Å². The van der Waals surface area contributed by atoms with Gasteiger partial charge in [0.2, 0.25) is 10.0 Å². The Morgan fingerprint density at radius 1 is 0.673 bits per heavy atom. The normalized spacial score (nSPS) is 21.6. The third-order valence-corrected chi connectivity index (χ3v) is 11.7. The van der Waals surface area contributed by atoms with Crippen molar-refractivity contribution >= 4 is 10.0 Å². The molecule has 0 aliphatic carbocycles. The van der Waals surface area contributed by atoms with Gasteiger partial charge >= 0.3 is 0 Å². The lowest BCUT2D eigenvalue weighted by molar-refractivity contribution is -0.276. The standard InChI is InChI=1S/C43H47N3O5S/c1-32-41(30-46-25-23-45(24-26-46)29-33-9-4-2-5-10-33)50-43(51-42(32)37-17-15-34(31-47)16-18-37)38-21-19-36(20-22-38)39-12-8-11-35(27-39)28-44-52(48,49)40-13-6-3-7-14-40/h2-22,27,32,41-44,47H,23-26,28-31H2,1H3. The molecule has 0 spiro atoms. The van der Waals surface area contributed by atoms with Crippen LogP contribution in [0.15, 0.2) is 138 Å². The van der Waals surface area contributed by atoms with Gasteiger partial charge in [-0.1, -0.05) is 122 Å². The number of hydrogen-bond donors (Lipinski definition) is 2. The van der Waals surface area contributed by atoms with E-state index in [-0.39, 0.29) is 36.2 Å². The van der Waals surface area contributed by atoms with Crippen LogP contribution < -0.4 is 4.72 Å². The predicted molar refractivity (Wildman–Crippen MR) is 203 cm³/mol. The van der Waals surface area contributed by atoms with Gasteiger partial charge in [0.15, 0.2) is 6.29 Å². The molecule has 0 amide bonds. The van der Waals surface area contributed by atoms with Gasteiger partial charge in [-0.05, 0) is 51.6 Å². The quantitative estimate of drug-likeness (QED) is 0.145. The lowest BCUT2D eigenvalue weighted by atomic mass is 9.89. The highest BCUT2D eigenvalue weighted by molar-refractivity contribution is 7.89. The number of nitrogens with one attached hydrogen (secondary N) is 1. The molecular weight excluding hydrogens is 671 g/mol. The number of nitrogens with zero attached hydrogens (tertiary/aromatic N) is 2. The molecule has 0 aromatic heterocycles. The summed E-state index contributed by atoms with van der Waals surface area (Å²) in [6.45, 7) is 8.22. The molecule has 0 saturated carbocycles. The van der Waals surface area contributed by atoms with Crippen molar-refractivity contribution < 1.29 is 23.0 Å². The molecule has 9 heteroatoms. The summed E-state index contributed by atoms with van der Waals surface area (Å²) in [6.07, 6.45) is -0.763. The Kier molecular flexibility index (Phi) is 11.6. The average molecular weight is 718 g/mol. The topological polar surface area (TPSA) is 91.3 Å². The van der Waals surface area contributed by atoms with Gasteiger partial charge in [-0.25, -0.2) is 13.1 Å². The van der Waals surface area contributed by atoms with E-state index < -0.39 is 16.3 Å². The lowest BCUT2D eigenvalue weighted by Gasteiger charge is -2.44. The first-order valence-corrected chi connectivity index (χ1v) is 19.6. The molecule has 2 saturated heterocycles. The van der Waals surface area contributed by atoms with E-state index in [1.54, 1.807) is 30.3 Å². The first-order valence-electron chi connectivity index (χ1n) is 18.1. The van der Waals surface area contributed by atoms with Crippen molar-refractivity contribution in [1.82, 2.24) is 14.5 Å². The first kappa shape index (κ1) is 36.2. The zero-order valence-electron chi connectivity index (χ0n) is 29.6. The number of sulfonamides is 1. The van der Waals surface area contributed by atoms with E-state index in [4.69, 9.17) is 9.47 Å². The maximum atomic E-state index is 12.8. The summed E-state index contributed by atoms with van der Waals surface area (Å²) in [5.74, 6) is 0.111. The van der Waals surface area contributed by atoms with Crippen molar-refractivity contribution in [2.75, 3.05) is 32.7 Å². The van der Waals surface area contributed by atoms with Crippen LogP contribution in [0, 0.1) is 5.92 Å². The molecule has 270 valence electrons. The third kappa shape index (κ3) is 8.87. The smallest absolute Gasteiger partial charge is 0.240 e. The number of piperazine rings is 1. The van der Waals surface area contributed by atoms with Crippen molar-refractivity contribution in [2.45, 2.75) is 50.0 Å². The van der Waals surface area contributed by atoms with E-state index in [1.807, 2.05) is 36.4 Å². The summed E-state index contributed by atoms with van der Waals surface area (Å²) in [4.78, 5) is 5.29. The van der Waals surface area contributed by atoms with E-state index in [0.717, 1.165) is 72.6 Å². The van der Waals surface area contributed by atoms with Gasteiger partial charge in [-0.2, -0.15) is 0 Å². The van der Waals surface area contributed by atoms with Crippen LogP contribution in [0.25, 0.3) is 11.1 Å². The molecule has 2 aliphatic rings. The van der Waals surface area contributed by atoms with Crippen LogP contribution in [-0.4, -0.2) is 62.2 Å². The summed E-state index contributed by atoms with van der Waals surface area (Å²) in [7, 11) is -3.61. The molecule has 2 fully saturated rings. The van der Waals surface area contributed by atoms with Gasteiger partial charge in [-0.15, -0.1) is 0 Å². The Labute approximate surface area is 307 Å². The summed E-state index contributed by atoms with van der Waals surface area (Å²) in [5.41, 5.74) is 7.12. The van der Waals surface area contributed by atoms with Crippen LogP contribution in [0.1, 0.15) is 47.1 Å². The molecule has 4 unspecified atom stereocenters. The van der Waals surface area contributed by atoms with E-state index in [0.29, 0.717) is 0 Å². The Morgan fingerprint density at radius 2 is 1.31 bits per heavy atom. The van der Waals surface area contributed by atoms with E-state index in [9.17, 15) is 13.5 Å². The number of rotatable bonds is 12. The number of aliphatic hydroxyl groups is 1. The fraction of sp³-hybridized carbons (Fsp3) is 0.302. The molecule has 8 nitrogen and oxygen atoms in total. The van der Waals surface area contributed by atoms with Gasteiger partial charge in [0.1, 0.15) is 0 Å². The zero-order valence-corrected chi connectivity index (χ0v) is 30.4. The minimum atomic E-state index is -3.61. The second kappa shape index (κ2) is 16.7. The molecular formula is C43H47N3O5S. The average Bonchev–Trinajstić information content (AvgIpc) is 3.19. The number of aliphatic hydroxyl groups excluding tert-OH is 1. The highest BCUT2D eigenvalue weighted by Crippen LogP contribution is 2.42. The van der Waals surface area contributed by atoms with Crippen molar-refractivity contribution in [3.63, 3.8) is 0 Å². The molecule has 5 aromatic rings. The van der Waals surface area contributed by atoms with Gasteiger partial charge in [0.05, 0.1) is 23.7 Å². The molecule has 2 aliphatic heterocycles. The highest BCUT2D eigenvalue weighted by Gasteiger charge is 2.39. The summed E-state index contributed by atoms with van der Waals surface area (Å²) in [5, 5.41) is 9.64. The van der Waals surface area contributed by atoms with E-state index in [1.165, 1.54) is 5.56 Å². The molecule has 7 rings (SSSR count). The van der Waals surface area contributed by atoms with Crippen molar-refractivity contribution in [2.24, 2.45) is 5.92 Å². The fourth-order valence-corrected chi connectivity index (χ4v) is 8.15. The van der Waals surface area contributed by atoms with Gasteiger partial charge in [0.25, 0.3) is 0 Å². The number of benzene rings is 5. The Hall–Kier alpha value is -4.19. The third-order valence-electron chi connectivity index (χ3n) is 10.2. The molecule has 0 bridgehead atoms. The first-order chi connectivity index (χ1) is 25.3. The number of ether oxygens (including phenoxy) is 2. The molecule has 2 N–H and O–H groups in total. The highest BCUT2D eigenvalue weighted by atomic mass is 32.2. The Morgan fingerprint density at radius 3 is 2.00 bits per heavy atom. The van der Waals surface area contributed by atoms with Crippen LogP contribution in [0.4, 0.5) is 0 Å². The molecule has 2 heterocycles.